The highest BCUT2D eigenvalue weighted by molar-refractivity contribution is 5.78. The Kier molecular flexibility index (Phi) is 4.08. The molecule has 0 aromatic rings. The molecular formula is C9H18N2O. The molecule has 0 bridgehead atoms. The smallest absolute Gasteiger partial charge is 0.220 e. The summed E-state index contributed by atoms with van der Waals surface area (Å²) in [5.74, 6) is 0.206. The molecule has 1 aliphatic rings. The van der Waals surface area contributed by atoms with Crippen molar-refractivity contribution in [1.29, 1.82) is 0 Å². The summed E-state index contributed by atoms with van der Waals surface area (Å²) in [5.41, 5.74) is 0. The standard InChI is InChI=1S/C9H18N2O/c1-2-3-6-10-7-8-4-5-9(12)11-8/h8,10H,2-7H2,1H3,(H,11,12). The number of hydrogen-bond acceptors (Lipinski definition) is 2. The van der Waals surface area contributed by atoms with Gasteiger partial charge in [-0.1, -0.05) is 13.3 Å². The predicted octanol–water partition coefficient (Wildman–Crippen LogP) is 0.655. The van der Waals surface area contributed by atoms with Crippen LogP contribution in [0.2, 0.25) is 0 Å². The van der Waals surface area contributed by atoms with E-state index >= 15 is 0 Å². The first-order valence-corrected chi connectivity index (χ1v) is 4.83. The van der Waals surface area contributed by atoms with Crippen LogP contribution in [0.25, 0.3) is 0 Å². The highest BCUT2D eigenvalue weighted by Gasteiger charge is 2.19. The number of rotatable bonds is 5. The molecule has 1 rings (SSSR count). The van der Waals surface area contributed by atoms with Crippen LogP contribution in [0.5, 0.6) is 0 Å². The maximum Gasteiger partial charge on any atom is 0.220 e. The molecule has 0 radical (unpaired) electrons. The van der Waals surface area contributed by atoms with Gasteiger partial charge in [-0.25, -0.2) is 0 Å². The van der Waals surface area contributed by atoms with Gasteiger partial charge in [0, 0.05) is 19.0 Å². The molecule has 0 aromatic carbocycles. The van der Waals surface area contributed by atoms with Gasteiger partial charge < -0.3 is 10.6 Å². The molecule has 3 nitrogen and oxygen atoms in total. The third-order valence-corrected chi connectivity index (χ3v) is 2.18. The molecule has 0 aliphatic carbocycles. The lowest BCUT2D eigenvalue weighted by Gasteiger charge is -2.10. The average molecular weight is 170 g/mol. The minimum Gasteiger partial charge on any atom is -0.352 e. The van der Waals surface area contributed by atoms with Gasteiger partial charge in [0.25, 0.3) is 0 Å². The van der Waals surface area contributed by atoms with Gasteiger partial charge in [-0.3, -0.25) is 4.79 Å². The van der Waals surface area contributed by atoms with Crippen molar-refractivity contribution in [3.05, 3.63) is 0 Å². The Morgan fingerprint density at radius 1 is 1.67 bits per heavy atom. The van der Waals surface area contributed by atoms with Crippen molar-refractivity contribution in [2.75, 3.05) is 13.1 Å². The number of carbonyl (C=O) groups is 1. The maximum atomic E-state index is 10.8. The van der Waals surface area contributed by atoms with Crippen LogP contribution in [0.4, 0.5) is 0 Å². The van der Waals surface area contributed by atoms with E-state index in [0.717, 1.165) is 19.5 Å². The average Bonchev–Trinajstić information content (AvgIpc) is 2.45. The van der Waals surface area contributed by atoms with Crippen molar-refractivity contribution in [3.8, 4) is 0 Å². The fourth-order valence-electron chi connectivity index (χ4n) is 1.41. The number of nitrogens with one attached hydrogen (secondary N) is 2. The monoisotopic (exact) mass is 170 g/mol. The van der Waals surface area contributed by atoms with Gasteiger partial charge in [0.05, 0.1) is 0 Å². The van der Waals surface area contributed by atoms with Gasteiger partial charge in [-0.05, 0) is 19.4 Å². The zero-order chi connectivity index (χ0) is 8.81. The molecule has 0 saturated carbocycles. The third-order valence-electron chi connectivity index (χ3n) is 2.18. The van der Waals surface area contributed by atoms with E-state index in [0.29, 0.717) is 12.5 Å². The molecule has 12 heavy (non-hydrogen) atoms. The topological polar surface area (TPSA) is 41.1 Å². The number of carbonyl (C=O) groups excluding carboxylic acids is 1. The van der Waals surface area contributed by atoms with E-state index in [4.69, 9.17) is 0 Å². The molecule has 1 saturated heterocycles. The van der Waals surface area contributed by atoms with Crippen molar-refractivity contribution in [2.45, 2.75) is 38.6 Å². The molecule has 2 N–H and O–H groups in total. The van der Waals surface area contributed by atoms with Gasteiger partial charge in [-0.15, -0.1) is 0 Å². The lowest BCUT2D eigenvalue weighted by atomic mass is 10.2. The minimum absolute atomic E-state index is 0.206. The van der Waals surface area contributed by atoms with Crippen molar-refractivity contribution >= 4 is 5.91 Å². The molecule has 1 heterocycles. The van der Waals surface area contributed by atoms with Crippen LogP contribution in [-0.2, 0) is 4.79 Å². The van der Waals surface area contributed by atoms with Gasteiger partial charge in [-0.2, -0.15) is 0 Å². The number of amides is 1. The Labute approximate surface area is 73.9 Å². The zero-order valence-corrected chi connectivity index (χ0v) is 7.73. The van der Waals surface area contributed by atoms with E-state index in [2.05, 4.69) is 17.6 Å². The first-order valence-electron chi connectivity index (χ1n) is 4.83. The number of hydrogen-bond donors (Lipinski definition) is 2. The van der Waals surface area contributed by atoms with E-state index in [9.17, 15) is 4.79 Å². The maximum absolute atomic E-state index is 10.8. The fourth-order valence-corrected chi connectivity index (χ4v) is 1.41. The Bertz CT molecular complexity index is 147. The second-order valence-corrected chi connectivity index (χ2v) is 3.36. The van der Waals surface area contributed by atoms with Gasteiger partial charge in [0.15, 0.2) is 0 Å². The van der Waals surface area contributed by atoms with Crippen LogP contribution < -0.4 is 10.6 Å². The van der Waals surface area contributed by atoms with E-state index in [1.165, 1.54) is 12.8 Å². The summed E-state index contributed by atoms with van der Waals surface area (Å²) in [7, 11) is 0. The second-order valence-electron chi connectivity index (χ2n) is 3.36. The first kappa shape index (κ1) is 9.52. The van der Waals surface area contributed by atoms with Crippen LogP contribution in [0.15, 0.2) is 0 Å². The molecule has 1 atom stereocenters. The molecule has 0 aromatic heterocycles. The third kappa shape index (κ3) is 3.22. The van der Waals surface area contributed by atoms with Crippen LogP contribution in [-0.4, -0.2) is 25.0 Å². The minimum atomic E-state index is 0.206. The van der Waals surface area contributed by atoms with Crippen molar-refractivity contribution in [2.24, 2.45) is 0 Å². The summed E-state index contributed by atoms with van der Waals surface area (Å²) in [5, 5.41) is 6.26. The van der Waals surface area contributed by atoms with Gasteiger partial charge in [0.1, 0.15) is 0 Å². The molecular weight excluding hydrogens is 152 g/mol. The highest BCUT2D eigenvalue weighted by atomic mass is 16.1. The molecule has 1 fully saturated rings. The fraction of sp³-hybridized carbons (Fsp3) is 0.889. The van der Waals surface area contributed by atoms with E-state index in [-0.39, 0.29) is 5.91 Å². The molecule has 0 spiro atoms. The highest BCUT2D eigenvalue weighted by Crippen LogP contribution is 2.04. The first-order chi connectivity index (χ1) is 5.83. The number of unbranched alkanes of at least 4 members (excludes halogenated alkanes) is 1. The van der Waals surface area contributed by atoms with Crippen LogP contribution >= 0.6 is 0 Å². The summed E-state index contributed by atoms with van der Waals surface area (Å²) in [4.78, 5) is 10.8. The lowest BCUT2D eigenvalue weighted by molar-refractivity contribution is -0.119. The SMILES string of the molecule is CCCCNCC1CCC(=O)N1. The molecule has 1 aliphatic heterocycles. The molecule has 1 amide bonds. The van der Waals surface area contributed by atoms with Gasteiger partial charge in [0.2, 0.25) is 5.91 Å². The van der Waals surface area contributed by atoms with Crippen molar-refractivity contribution in [3.63, 3.8) is 0 Å². The largest absolute Gasteiger partial charge is 0.352 e. The molecule has 70 valence electrons. The summed E-state index contributed by atoms with van der Waals surface area (Å²) in [6.45, 7) is 4.19. The van der Waals surface area contributed by atoms with E-state index in [1.807, 2.05) is 0 Å². The quantitative estimate of drug-likeness (QED) is 0.595. The summed E-state index contributed by atoms with van der Waals surface area (Å²) in [6, 6.07) is 0.384. The normalized spacial score (nSPS) is 22.8. The summed E-state index contributed by atoms with van der Waals surface area (Å²) >= 11 is 0. The van der Waals surface area contributed by atoms with Crippen LogP contribution in [0.3, 0.4) is 0 Å². The Morgan fingerprint density at radius 2 is 2.50 bits per heavy atom. The Hall–Kier alpha value is -0.570. The summed E-state index contributed by atoms with van der Waals surface area (Å²) < 4.78 is 0. The summed E-state index contributed by atoms with van der Waals surface area (Å²) in [6.07, 6.45) is 4.16. The predicted molar refractivity (Wildman–Crippen MR) is 48.9 cm³/mol. The van der Waals surface area contributed by atoms with E-state index < -0.39 is 0 Å². The Morgan fingerprint density at radius 3 is 3.08 bits per heavy atom. The van der Waals surface area contributed by atoms with Crippen LogP contribution in [0, 0.1) is 0 Å². The Balaban J connectivity index is 1.97. The van der Waals surface area contributed by atoms with Gasteiger partial charge >= 0.3 is 0 Å². The van der Waals surface area contributed by atoms with Crippen molar-refractivity contribution < 1.29 is 4.79 Å². The zero-order valence-electron chi connectivity index (χ0n) is 7.73. The lowest BCUT2D eigenvalue weighted by Crippen LogP contribution is -2.35. The molecule has 1 unspecified atom stereocenters. The van der Waals surface area contributed by atoms with Crippen LogP contribution in [0.1, 0.15) is 32.6 Å². The molecule has 3 heteroatoms. The van der Waals surface area contributed by atoms with Crippen molar-refractivity contribution in [1.82, 2.24) is 10.6 Å². The van der Waals surface area contributed by atoms with E-state index in [1.54, 1.807) is 0 Å². The second kappa shape index (κ2) is 5.14.